The van der Waals surface area contributed by atoms with Crippen LogP contribution < -0.4 is 5.56 Å². The maximum Gasteiger partial charge on any atom is 0.263 e. The van der Waals surface area contributed by atoms with Gasteiger partial charge in [-0.15, -0.1) is 0 Å². The molecule has 0 saturated heterocycles. The van der Waals surface area contributed by atoms with Crippen LogP contribution in [0.15, 0.2) is 59.4 Å². The van der Waals surface area contributed by atoms with Crippen LogP contribution in [0.4, 0.5) is 0 Å². The van der Waals surface area contributed by atoms with Crippen molar-refractivity contribution in [2.24, 2.45) is 0 Å². The minimum absolute atomic E-state index is 0.125. The van der Waals surface area contributed by atoms with Gasteiger partial charge in [-0.1, -0.05) is 35.9 Å². The lowest BCUT2D eigenvalue weighted by atomic mass is 10.0. The number of aromatic hydroxyl groups is 1. The lowest BCUT2D eigenvalue weighted by Crippen LogP contribution is -2.21. The van der Waals surface area contributed by atoms with E-state index in [0.29, 0.717) is 15.9 Å². The molecule has 0 radical (unpaired) electrons. The van der Waals surface area contributed by atoms with E-state index in [1.807, 2.05) is 44.2 Å². The Bertz CT molecular complexity index is 1190. The van der Waals surface area contributed by atoms with Crippen molar-refractivity contribution >= 4 is 33.3 Å². The SMILES string of the molecule is Cc1cccc(C)c1-n1c(=O)c2cc(Cl)ccc2c2ccc(O)cc21. The van der Waals surface area contributed by atoms with Crippen LogP contribution in [0, 0.1) is 13.8 Å². The second-order valence-electron chi connectivity index (χ2n) is 6.27. The molecule has 4 aromatic rings. The first-order valence-corrected chi connectivity index (χ1v) is 8.39. The third kappa shape index (κ3) is 2.39. The van der Waals surface area contributed by atoms with Gasteiger partial charge in [0.05, 0.1) is 11.2 Å². The molecule has 0 aliphatic carbocycles. The van der Waals surface area contributed by atoms with Gasteiger partial charge in [0.25, 0.3) is 5.56 Å². The van der Waals surface area contributed by atoms with Crippen molar-refractivity contribution in [2.45, 2.75) is 13.8 Å². The maximum atomic E-state index is 13.3. The van der Waals surface area contributed by atoms with Crippen LogP contribution in [0.5, 0.6) is 5.75 Å². The maximum absolute atomic E-state index is 13.3. The zero-order valence-electron chi connectivity index (χ0n) is 13.9. The van der Waals surface area contributed by atoms with E-state index in [4.69, 9.17) is 11.6 Å². The summed E-state index contributed by atoms with van der Waals surface area (Å²) in [7, 11) is 0. The fourth-order valence-corrected chi connectivity index (χ4v) is 3.64. The van der Waals surface area contributed by atoms with Crippen LogP contribution >= 0.6 is 11.6 Å². The molecule has 0 amide bonds. The molecule has 4 rings (SSSR count). The molecule has 1 aromatic heterocycles. The van der Waals surface area contributed by atoms with Crippen molar-refractivity contribution in [2.75, 3.05) is 0 Å². The molecule has 0 aliphatic heterocycles. The highest BCUT2D eigenvalue weighted by molar-refractivity contribution is 6.31. The smallest absolute Gasteiger partial charge is 0.263 e. The van der Waals surface area contributed by atoms with Gasteiger partial charge in [-0.05, 0) is 54.6 Å². The summed E-state index contributed by atoms with van der Waals surface area (Å²) < 4.78 is 1.68. The van der Waals surface area contributed by atoms with E-state index in [1.54, 1.807) is 28.8 Å². The third-order valence-electron chi connectivity index (χ3n) is 4.59. The molecule has 3 nitrogen and oxygen atoms in total. The second kappa shape index (κ2) is 5.64. The molecular formula is C21H16ClNO2. The highest BCUT2D eigenvalue weighted by Gasteiger charge is 2.16. The summed E-state index contributed by atoms with van der Waals surface area (Å²) in [6.07, 6.45) is 0. The van der Waals surface area contributed by atoms with E-state index in [9.17, 15) is 9.90 Å². The number of aryl methyl sites for hydroxylation is 2. The number of benzene rings is 3. The van der Waals surface area contributed by atoms with Crippen molar-refractivity contribution < 1.29 is 5.11 Å². The second-order valence-corrected chi connectivity index (χ2v) is 6.71. The molecule has 0 atom stereocenters. The van der Waals surface area contributed by atoms with Crippen molar-refractivity contribution in [1.82, 2.24) is 4.57 Å². The standard InChI is InChI=1S/C21H16ClNO2/c1-12-4-3-5-13(2)20(12)23-19-11-15(24)7-9-17(19)16-8-6-14(22)10-18(16)21(23)25/h3-11,24H,1-2H3. The Morgan fingerprint density at radius 3 is 2.28 bits per heavy atom. The number of phenolic OH excluding ortho intramolecular Hbond substituents is 1. The van der Waals surface area contributed by atoms with Crippen LogP contribution in [0.3, 0.4) is 0 Å². The number of hydrogen-bond donors (Lipinski definition) is 1. The van der Waals surface area contributed by atoms with Crippen molar-refractivity contribution in [1.29, 1.82) is 0 Å². The Morgan fingerprint density at radius 1 is 0.880 bits per heavy atom. The monoisotopic (exact) mass is 349 g/mol. The van der Waals surface area contributed by atoms with Crippen molar-refractivity contribution in [3.8, 4) is 11.4 Å². The number of hydrogen-bond acceptors (Lipinski definition) is 2. The van der Waals surface area contributed by atoms with Crippen LogP contribution in [0.25, 0.3) is 27.4 Å². The Morgan fingerprint density at radius 2 is 1.56 bits per heavy atom. The van der Waals surface area contributed by atoms with E-state index in [-0.39, 0.29) is 11.3 Å². The van der Waals surface area contributed by atoms with Gasteiger partial charge < -0.3 is 5.11 Å². The number of phenols is 1. The first-order chi connectivity index (χ1) is 12.0. The van der Waals surface area contributed by atoms with E-state index < -0.39 is 0 Å². The molecule has 0 bridgehead atoms. The number of para-hydroxylation sites is 1. The lowest BCUT2D eigenvalue weighted by Gasteiger charge is -2.17. The quantitative estimate of drug-likeness (QED) is 0.485. The first kappa shape index (κ1) is 15.7. The van der Waals surface area contributed by atoms with E-state index in [2.05, 4.69) is 0 Å². The Balaban J connectivity index is 2.32. The minimum atomic E-state index is -0.145. The normalized spacial score (nSPS) is 11.3. The van der Waals surface area contributed by atoms with E-state index >= 15 is 0 Å². The number of fused-ring (bicyclic) bond motifs is 3. The van der Waals surface area contributed by atoms with E-state index in [1.165, 1.54) is 0 Å². The van der Waals surface area contributed by atoms with Crippen molar-refractivity contribution in [3.05, 3.63) is 81.1 Å². The number of pyridine rings is 1. The molecule has 0 spiro atoms. The Hall–Kier alpha value is -2.78. The molecule has 4 heteroatoms. The van der Waals surface area contributed by atoms with Gasteiger partial charge in [0, 0.05) is 21.9 Å². The van der Waals surface area contributed by atoms with Gasteiger partial charge in [0.1, 0.15) is 5.75 Å². The molecular weight excluding hydrogens is 334 g/mol. The molecule has 124 valence electrons. The predicted octanol–water partition coefficient (Wildman–Crippen LogP) is 5.12. The molecule has 3 aromatic carbocycles. The minimum Gasteiger partial charge on any atom is -0.508 e. The van der Waals surface area contributed by atoms with Crippen LogP contribution in [0.2, 0.25) is 5.02 Å². The van der Waals surface area contributed by atoms with Crippen LogP contribution in [-0.4, -0.2) is 9.67 Å². The Labute approximate surface area is 149 Å². The molecule has 0 fully saturated rings. The van der Waals surface area contributed by atoms with Gasteiger partial charge >= 0.3 is 0 Å². The average molecular weight is 350 g/mol. The zero-order valence-corrected chi connectivity index (χ0v) is 14.6. The summed E-state index contributed by atoms with van der Waals surface area (Å²) in [5.74, 6) is 0.125. The highest BCUT2D eigenvalue weighted by atomic mass is 35.5. The number of nitrogens with zero attached hydrogens (tertiary/aromatic N) is 1. The van der Waals surface area contributed by atoms with Gasteiger partial charge in [0.15, 0.2) is 0 Å². The average Bonchev–Trinajstić information content (AvgIpc) is 2.57. The first-order valence-electron chi connectivity index (χ1n) is 8.01. The molecule has 0 aliphatic rings. The number of aromatic nitrogens is 1. The fraction of sp³-hybridized carbons (Fsp3) is 0.0952. The van der Waals surface area contributed by atoms with Crippen LogP contribution in [-0.2, 0) is 0 Å². The molecule has 1 N–H and O–H groups in total. The third-order valence-corrected chi connectivity index (χ3v) is 4.83. The number of rotatable bonds is 1. The van der Waals surface area contributed by atoms with Gasteiger partial charge in [-0.2, -0.15) is 0 Å². The lowest BCUT2D eigenvalue weighted by molar-refractivity contribution is 0.476. The van der Waals surface area contributed by atoms with Crippen LogP contribution in [0.1, 0.15) is 11.1 Å². The fourth-order valence-electron chi connectivity index (χ4n) is 3.47. The summed E-state index contributed by atoms with van der Waals surface area (Å²) in [6, 6.07) is 16.4. The molecule has 0 saturated carbocycles. The summed E-state index contributed by atoms with van der Waals surface area (Å²) >= 11 is 6.14. The zero-order chi connectivity index (χ0) is 17.7. The predicted molar refractivity (Wildman–Crippen MR) is 103 cm³/mol. The Kier molecular flexibility index (Phi) is 3.55. The van der Waals surface area contributed by atoms with Crippen molar-refractivity contribution in [3.63, 3.8) is 0 Å². The summed E-state index contributed by atoms with van der Waals surface area (Å²) in [5, 5.41) is 12.8. The molecule has 0 unspecified atom stereocenters. The summed E-state index contributed by atoms with van der Waals surface area (Å²) in [4.78, 5) is 13.3. The number of halogens is 1. The molecule has 25 heavy (non-hydrogen) atoms. The largest absolute Gasteiger partial charge is 0.508 e. The van der Waals surface area contributed by atoms with Gasteiger partial charge in [-0.25, -0.2) is 0 Å². The van der Waals surface area contributed by atoms with E-state index in [0.717, 1.165) is 27.6 Å². The highest BCUT2D eigenvalue weighted by Crippen LogP contribution is 2.30. The molecule has 1 heterocycles. The summed E-state index contributed by atoms with van der Waals surface area (Å²) in [6.45, 7) is 3.96. The summed E-state index contributed by atoms with van der Waals surface area (Å²) in [5.41, 5.74) is 3.36. The topological polar surface area (TPSA) is 42.2 Å². The van der Waals surface area contributed by atoms with Gasteiger partial charge in [-0.3, -0.25) is 9.36 Å². The van der Waals surface area contributed by atoms with Gasteiger partial charge in [0.2, 0.25) is 0 Å².